The molecule has 0 atom stereocenters. The highest BCUT2D eigenvalue weighted by atomic mass is 32.1. The molecular formula is C72H48N2S. The number of nitrogens with zero attached hydrogens (tertiary/aromatic N) is 2. The minimum Gasteiger partial charge on any atom is -0.310 e. The van der Waals surface area contributed by atoms with E-state index in [0.717, 1.165) is 33.9 Å². The third kappa shape index (κ3) is 8.08. The van der Waals surface area contributed by atoms with Crippen LogP contribution in [0.2, 0.25) is 0 Å². The summed E-state index contributed by atoms with van der Waals surface area (Å²) in [5.41, 5.74) is 21.0. The molecule has 0 saturated heterocycles. The molecular weight excluding hydrogens is 925 g/mol. The van der Waals surface area contributed by atoms with Gasteiger partial charge >= 0.3 is 0 Å². The van der Waals surface area contributed by atoms with Gasteiger partial charge in [-0.15, -0.1) is 11.3 Å². The van der Waals surface area contributed by atoms with Crippen LogP contribution in [0, 0.1) is 0 Å². The second kappa shape index (κ2) is 18.8. The molecule has 0 aliphatic carbocycles. The molecule has 2 aromatic heterocycles. The van der Waals surface area contributed by atoms with Gasteiger partial charge < -0.3 is 9.47 Å². The standard InChI is InChI=1S/C72H48N2S/c1-5-18-49(19-6-1)50-32-37-59(38-33-50)73(61-41-43-62(52-20-7-2-8-21-52)67(48-61)53-22-9-3-10-23-53)60-39-34-51(35-40-60)55-44-56(54-36-42-65-64-26-14-16-31-70(64)75-71(65)47-54)46-57(45-55)63-28-17-30-69-72(63)66-27-13-15-29-68(66)74(69)58-24-11-4-12-25-58/h1-48H. The molecule has 0 N–H and O–H groups in total. The second-order valence-electron chi connectivity index (χ2n) is 19.3. The van der Waals surface area contributed by atoms with Crippen molar-refractivity contribution in [2.24, 2.45) is 0 Å². The molecule has 2 nitrogen and oxygen atoms in total. The van der Waals surface area contributed by atoms with Gasteiger partial charge in [0.05, 0.1) is 11.0 Å². The fourth-order valence-electron chi connectivity index (χ4n) is 11.2. The Morgan fingerprint density at radius 3 is 1.44 bits per heavy atom. The third-order valence-electron chi connectivity index (χ3n) is 14.8. The molecule has 0 bridgehead atoms. The van der Waals surface area contributed by atoms with E-state index in [4.69, 9.17) is 0 Å². The molecule has 0 saturated carbocycles. The van der Waals surface area contributed by atoms with Crippen molar-refractivity contribution < 1.29 is 0 Å². The average Bonchev–Trinajstić information content (AvgIpc) is 4.05. The number of thiophene rings is 1. The fourth-order valence-corrected chi connectivity index (χ4v) is 12.4. The van der Waals surface area contributed by atoms with Crippen molar-refractivity contribution >= 4 is 70.4 Å². The zero-order chi connectivity index (χ0) is 49.7. The van der Waals surface area contributed by atoms with Crippen LogP contribution in [0.4, 0.5) is 17.1 Å². The van der Waals surface area contributed by atoms with E-state index in [9.17, 15) is 0 Å². The Labute approximate surface area is 440 Å². The van der Waals surface area contributed by atoms with Crippen molar-refractivity contribution in [2.45, 2.75) is 0 Å². The van der Waals surface area contributed by atoms with E-state index in [1.54, 1.807) is 0 Å². The molecule has 352 valence electrons. The first-order chi connectivity index (χ1) is 37.2. The summed E-state index contributed by atoms with van der Waals surface area (Å²) >= 11 is 1.87. The highest BCUT2D eigenvalue weighted by Gasteiger charge is 2.20. The molecule has 0 unspecified atom stereocenters. The van der Waals surface area contributed by atoms with Gasteiger partial charge in [0.15, 0.2) is 0 Å². The number of rotatable bonds is 10. The van der Waals surface area contributed by atoms with E-state index in [2.05, 4.69) is 301 Å². The maximum absolute atomic E-state index is 2.41. The number of aromatic nitrogens is 1. The lowest BCUT2D eigenvalue weighted by atomic mass is 9.91. The van der Waals surface area contributed by atoms with E-state index in [1.807, 2.05) is 11.3 Å². The van der Waals surface area contributed by atoms with Gasteiger partial charge in [0.25, 0.3) is 0 Å². The van der Waals surface area contributed by atoms with Crippen LogP contribution in [0.1, 0.15) is 0 Å². The maximum atomic E-state index is 2.41. The monoisotopic (exact) mass is 972 g/mol. The van der Waals surface area contributed by atoms with Gasteiger partial charge in [0.1, 0.15) is 0 Å². The summed E-state index contributed by atoms with van der Waals surface area (Å²) in [4.78, 5) is 2.39. The molecule has 14 aromatic rings. The smallest absolute Gasteiger partial charge is 0.0547 e. The van der Waals surface area contributed by atoms with Gasteiger partial charge in [0, 0.05) is 53.7 Å². The Hall–Kier alpha value is -9.54. The van der Waals surface area contributed by atoms with Crippen molar-refractivity contribution in [1.82, 2.24) is 4.57 Å². The normalized spacial score (nSPS) is 11.5. The molecule has 0 radical (unpaired) electrons. The van der Waals surface area contributed by atoms with Crippen LogP contribution in [0.15, 0.2) is 291 Å². The number of anilines is 3. The Bertz CT molecular complexity index is 4370. The largest absolute Gasteiger partial charge is 0.310 e. The van der Waals surface area contributed by atoms with Crippen molar-refractivity contribution in [1.29, 1.82) is 0 Å². The van der Waals surface area contributed by atoms with E-state index in [1.165, 1.54) is 97.6 Å². The van der Waals surface area contributed by atoms with Gasteiger partial charge in [-0.3, -0.25) is 0 Å². The molecule has 0 aliphatic heterocycles. The van der Waals surface area contributed by atoms with Crippen LogP contribution in [-0.4, -0.2) is 4.57 Å². The minimum atomic E-state index is 1.07. The van der Waals surface area contributed by atoms with Gasteiger partial charge in [-0.05, 0) is 158 Å². The van der Waals surface area contributed by atoms with E-state index >= 15 is 0 Å². The third-order valence-corrected chi connectivity index (χ3v) is 15.9. The van der Waals surface area contributed by atoms with Gasteiger partial charge in [-0.1, -0.05) is 200 Å². The summed E-state index contributed by atoms with van der Waals surface area (Å²) in [5, 5.41) is 5.09. The zero-order valence-electron chi connectivity index (χ0n) is 41.0. The second-order valence-corrected chi connectivity index (χ2v) is 20.3. The quantitative estimate of drug-likeness (QED) is 0.133. The van der Waals surface area contributed by atoms with E-state index in [0.29, 0.717) is 0 Å². The minimum absolute atomic E-state index is 1.07. The number of para-hydroxylation sites is 2. The molecule has 2 heterocycles. The fraction of sp³-hybridized carbons (Fsp3) is 0. The zero-order valence-corrected chi connectivity index (χ0v) is 41.8. The first kappa shape index (κ1) is 44.2. The molecule has 12 aromatic carbocycles. The van der Waals surface area contributed by atoms with Crippen LogP contribution in [0.5, 0.6) is 0 Å². The predicted molar refractivity (Wildman–Crippen MR) is 321 cm³/mol. The van der Waals surface area contributed by atoms with Crippen LogP contribution in [-0.2, 0) is 0 Å². The number of fused-ring (bicyclic) bond motifs is 6. The number of benzene rings is 12. The molecule has 3 heteroatoms. The number of hydrogen-bond acceptors (Lipinski definition) is 2. The highest BCUT2D eigenvalue weighted by Crippen LogP contribution is 2.45. The van der Waals surface area contributed by atoms with Crippen LogP contribution in [0.3, 0.4) is 0 Å². The first-order valence-corrected chi connectivity index (χ1v) is 26.5. The molecule has 0 amide bonds. The van der Waals surface area contributed by atoms with Gasteiger partial charge in [-0.25, -0.2) is 0 Å². The van der Waals surface area contributed by atoms with E-state index in [-0.39, 0.29) is 0 Å². The summed E-state index contributed by atoms with van der Waals surface area (Å²) in [6.45, 7) is 0. The van der Waals surface area contributed by atoms with Crippen molar-refractivity contribution in [3.05, 3.63) is 291 Å². The van der Waals surface area contributed by atoms with Crippen LogP contribution in [0.25, 0.3) is 114 Å². The van der Waals surface area contributed by atoms with Crippen molar-refractivity contribution in [3.63, 3.8) is 0 Å². The SMILES string of the molecule is c1ccc(-c2ccc(N(c3ccc(-c4cc(-c5ccc6c(c5)sc5ccccc56)cc(-c5cccc6c5c5ccccc5n6-c5ccccc5)c4)cc3)c3ccc(-c4ccccc4)c(-c4ccccc4)c3)cc2)cc1. The molecule has 75 heavy (non-hydrogen) atoms. The van der Waals surface area contributed by atoms with Crippen LogP contribution < -0.4 is 4.90 Å². The van der Waals surface area contributed by atoms with Gasteiger partial charge in [0.2, 0.25) is 0 Å². The Balaban J connectivity index is 0.935. The van der Waals surface area contributed by atoms with Gasteiger partial charge in [-0.2, -0.15) is 0 Å². The summed E-state index contributed by atoms with van der Waals surface area (Å²) in [7, 11) is 0. The summed E-state index contributed by atoms with van der Waals surface area (Å²) < 4.78 is 5.01. The maximum Gasteiger partial charge on any atom is 0.0547 e. The lowest BCUT2D eigenvalue weighted by Gasteiger charge is -2.27. The number of hydrogen-bond donors (Lipinski definition) is 0. The molecule has 0 fully saturated rings. The molecule has 0 spiro atoms. The van der Waals surface area contributed by atoms with E-state index < -0.39 is 0 Å². The highest BCUT2D eigenvalue weighted by molar-refractivity contribution is 7.25. The Morgan fingerprint density at radius 1 is 0.253 bits per heavy atom. The topological polar surface area (TPSA) is 8.17 Å². The summed E-state index contributed by atoms with van der Waals surface area (Å²) in [5.74, 6) is 0. The Morgan fingerprint density at radius 2 is 0.747 bits per heavy atom. The van der Waals surface area contributed by atoms with Crippen molar-refractivity contribution in [3.8, 4) is 72.4 Å². The average molecular weight is 973 g/mol. The predicted octanol–water partition coefficient (Wildman–Crippen LogP) is 20.6. The summed E-state index contributed by atoms with van der Waals surface area (Å²) in [6.07, 6.45) is 0. The molecule has 0 aliphatic rings. The van der Waals surface area contributed by atoms with Crippen LogP contribution >= 0.6 is 11.3 Å². The lowest BCUT2D eigenvalue weighted by molar-refractivity contribution is 1.18. The Kier molecular flexibility index (Phi) is 11.1. The van der Waals surface area contributed by atoms with Crippen molar-refractivity contribution in [2.75, 3.05) is 4.90 Å². The lowest BCUT2D eigenvalue weighted by Crippen LogP contribution is -2.10. The first-order valence-electron chi connectivity index (χ1n) is 25.6. The summed E-state index contributed by atoms with van der Waals surface area (Å²) in [6, 6.07) is 107. The molecule has 14 rings (SSSR count).